The van der Waals surface area contributed by atoms with Crippen LogP contribution in [0.3, 0.4) is 0 Å². The van der Waals surface area contributed by atoms with Crippen molar-refractivity contribution in [3.8, 4) is 5.75 Å². The summed E-state index contributed by atoms with van der Waals surface area (Å²) in [6.45, 7) is 0.990. The summed E-state index contributed by atoms with van der Waals surface area (Å²) >= 11 is 0. The van der Waals surface area contributed by atoms with Crippen LogP contribution in [0.25, 0.3) is 10.8 Å². The maximum Gasteiger partial charge on any atom is 0.160 e. The first-order chi connectivity index (χ1) is 10.4. The molecule has 0 saturated heterocycles. The van der Waals surface area contributed by atoms with Crippen LogP contribution in [0.2, 0.25) is 0 Å². The van der Waals surface area contributed by atoms with Crippen molar-refractivity contribution < 1.29 is 4.74 Å². The van der Waals surface area contributed by atoms with E-state index in [2.05, 4.69) is 15.5 Å². The van der Waals surface area contributed by atoms with Crippen molar-refractivity contribution in [3.63, 3.8) is 0 Å². The fourth-order valence-electron chi connectivity index (χ4n) is 2.10. The van der Waals surface area contributed by atoms with E-state index in [9.17, 15) is 0 Å². The number of nitrogens with zero attached hydrogens (tertiary/aromatic N) is 2. The summed E-state index contributed by atoms with van der Waals surface area (Å²) in [6.07, 6.45) is 1.75. The molecule has 0 aliphatic rings. The number of rotatable bonds is 5. The molecule has 0 aliphatic heterocycles. The molecule has 0 radical (unpaired) electrons. The SMILES string of the molecule is NCCOc1cccc(Nc2nncc3ccccc23)c1. The fourth-order valence-corrected chi connectivity index (χ4v) is 2.10. The molecule has 2 aromatic carbocycles. The lowest BCUT2D eigenvalue weighted by atomic mass is 10.2. The van der Waals surface area contributed by atoms with Crippen LogP contribution in [0.5, 0.6) is 5.75 Å². The zero-order valence-corrected chi connectivity index (χ0v) is 11.5. The van der Waals surface area contributed by atoms with Gasteiger partial charge >= 0.3 is 0 Å². The van der Waals surface area contributed by atoms with Crippen molar-refractivity contribution in [2.24, 2.45) is 5.73 Å². The highest BCUT2D eigenvalue weighted by Gasteiger charge is 2.04. The van der Waals surface area contributed by atoms with Crippen LogP contribution in [0, 0.1) is 0 Å². The summed E-state index contributed by atoms with van der Waals surface area (Å²) in [6, 6.07) is 15.7. The standard InChI is InChI=1S/C16H16N4O/c17-8-9-21-14-6-3-5-13(10-14)19-16-15-7-2-1-4-12(15)11-18-20-16/h1-7,10-11H,8-9,17H2,(H,19,20). The zero-order valence-electron chi connectivity index (χ0n) is 11.5. The predicted molar refractivity (Wildman–Crippen MR) is 83.8 cm³/mol. The second-order valence-corrected chi connectivity index (χ2v) is 4.57. The van der Waals surface area contributed by atoms with Gasteiger partial charge in [0.2, 0.25) is 0 Å². The van der Waals surface area contributed by atoms with Gasteiger partial charge in [0.05, 0.1) is 6.20 Å². The van der Waals surface area contributed by atoms with Crippen LogP contribution < -0.4 is 15.8 Å². The molecule has 0 spiro atoms. The highest BCUT2D eigenvalue weighted by atomic mass is 16.5. The Hall–Kier alpha value is -2.66. The topological polar surface area (TPSA) is 73.1 Å². The van der Waals surface area contributed by atoms with Gasteiger partial charge in [-0.2, -0.15) is 5.10 Å². The van der Waals surface area contributed by atoms with Crippen LogP contribution in [0.1, 0.15) is 0 Å². The molecule has 0 fully saturated rings. The van der Waals surface area contributed by atoms with Crippen LogP contribution in [-0.2, 0) is 0 Å². The molecule has 1 aromatic heterocycles. The Morgan fingerprint density at radius 1 is 1.10 bits per heavy atom. The van der Waals surface area contributed by atoms with E-state index in [4.69, 9.17) is 10.5 Å². The molecular weight excluding hydrogens is 264 g/mol. The van der Waals surface area contributed by atoms with Gasteiger partial charge in [0.25, 0.3) is 0 Å². The van der Waals surface area contributed by atoms with Crippen molar-refractivity contribution >= 4 is 22.3 Å². The van der Waals surface area contributed by atoms with E-state index in [0.717, 1.165) is 28.0 Å². The van der Waals surface area contributed by atoms with E-state index in [1.54, 1.807) is 6.20 Å². The highest BCUT2D eigenvalue weighted by Crippen LogP contribution is 2.25. The summed E-state index contributed by atoms with van der Waals surface area (Å²) < 4.78 is 5.52. The van der Waals surface area contributed by atoms with Gasteiger partial charge in [-0.3, -0.25) is 0 Å². The zero-order chi connectivity index (χ0) is 14.5. The van der Waals surface area contributed by atoms with Gasteiger partial charge in [-0.05, 0) is 12.1 Å². The van der Waals surface area contributed by atoms with E-state index < -0.39 is 0 Å². The van der Waals surface area contributed by atoms with Gasteiger partial charge in [0.15, 0.2) is 5.82 Å². The Kier molecular flexibility index (Phi) is 3.93. The molecule has 3 aromatic rings. The van der Waals surface area contributed by atoms with E-state index in [-0.39, 0.29) is 0 Å². The second-order valence-electron chi connectivity index (χ2n) is 4.57. The third-order valence-electron chi connectivity index (χ3n) is 3.05. The van der Waals surface area contributed by atoms with Crippen molar-refractivity contribution in [2.75, 3.05) is 18.5 Å². The van der Waals surface area contributed by atoms with Crippen LogP contribution in [0.4, 0.5) is 11.5 Å². The molecule has 0 unspecified atom stereocenters. The lowest BCUT2D eigenvalue weighted by Gasteiger charge is -2.10. The van der Waals surface area contributed by atoms with Crippen LogP contribution in [0.15, 0.2) is 54.7 Å². The fraction of sp³-hybridized carbons (Fsp3) is 0.125. The van der Waals surface area contributed by atoms with Gasteiger partial charge in [0.1, 0.15) is 12.4 Å². The predicted octanol–water partition coefficient (Wildman–Crippen LogP) is 2.71. The molecule has 0 aliphatic carbocycles. The number of fused-ring (bicyclic) bond motifs is 1. The molecule has 1 heterocycles. The van der Waals surface area contributed by atoms with Gasteiger partial charge < -0.3 is 15.8 Å². The normalized spacial score (nSPS) is 10.5. The quantitative estimate of drug-likeness (QED) is 0.751. The number of hydrogen-bond acceptors (Lipinski definition) is 5. The van der Waals surface area contributed by atoms with Gasteiger partial charge in [0, 0.05) is 29.1 Å². The first-order valence-electron chi connectivity index (χ1n) is 6.77. The van der Waals surface area contributed by atoms with Crippen molar-refractivity contribution in [1.82, 2.24) is 10.2 Å². The van der Waals surface area contributed by atoms with Crippen LogP contribution >= 0.6 is 0 Å². The van der Waals surface area contributed by atoms with Crippen molar-refractivity contribution in [1.29, 1.82) is 0 Å². The number of benzene rings is 2. The number of aromatic nitrogens is 2. The third kappa shape index (κ3) is 3.09. The average molecular weight is 280 g/mol. The smallest absolute Gasteiger partial charge is 0.160 e. The molecule has 0 bridgehead atoms. The summed E-state index contributed by atoms with van der Waals surface area (Å²) in [7, 11) is 0. The van der Waals surface area contributed by atoms with E-state index >= 15 is 0 Å². The van der Waals surface area contributed by atoms with Gasteiger partial charge in [-0.25, -0.2) is 0 Å². The number of nitrogens with two attached hydrogens (primary N) is 1. The third-order valence-corrected chi connectivity index (χ3v) is 3.05. The molecule has 3 N–H and O–H groups in total. The molecule has 21 heavy (non-hydrogen) atoms. The lowest BCUT2D eigenvalue weighted by Crippen LogP contribution is -2.10. The molecule has 0 amide bonds. The Bertz CT molecular complexity index is 740. The van der Waals surface area contributed by atoms with Crippen molar-refractivity contribution in [3.05, 3.63) is 54.7 Å². The van der Waals surface area contributed by atoms with Crippen LogP contribution in [-0.4, -0.2) is 23.3 Å². The minimum atomic E-state index is 0.493. The monoisotopic (exact) mass is 280 g/mol. The van der Waals surface area contributed by atoms with Gasteiger partial charge in [-0.15, -0.1) is 5.10 Å². The number of nitrogens with one attached hydrogen (secondary N) is 1. The summed E-state index contributed by atoms with van der Waals surface area (Å²) in [5, 5.41) is 13.5. The first-order valence-corrected chi connectivity index (χ1v) is 6.77. The molecule has 0 saturated carbocycles. The summed E-state index contributed by atoms with van der Waals surface area (Å²) in [5.41, 5.74) is 6.34. The molecule has 5 nitrogen and oxygen atoms in total. The van der Waals surface area contributed by atoms with Gasteiger partial charge in [-0.1, -0.05) is 30.3 Å². The van der Waals surface area contributed by atoms with Crippen molar-refractivity contribution in [2.45, 2.75) is 0 Å². The Morgan fingerprint density at radius 3 is 2.90 bits per heavy atom. The maximum absolute atomic E-state index is 5.52. The lowest BCUT2D eigenvalue weighted by molar-refractivity contribution is 0.328. The second kappa shape index (κ2) is 6.19. The largest absolute Gasteiger partial charge is 0.492 e. The summed E-state index contributed by atoms with van der Waals surface area (Å²) in [4.78, 5) is 0. The van der Waals surface area contributed by atoms with E-state index in [1.165, 1.54) is 0 Å². The minimum absolute atomic E-state index is 0.493. The van der Waals surface area contributed by atoms with E-state index in [1.807, 2.05) is 48.5 Å². The molecular formula is C16H16N4O. The highest BCUT2D eigenvalue weighted by molar-refractivity contribution is 5.92. The summed E-state index contributed by atoms with van der Waals surface area (Å²) in [5.74, 6) is 1.50. The maximum atomic E-state index is 5.52. The Balaban J connectivity index is 1.88. The Morgan fingerprint density at radius 2 is 2.00 bits per heavy atom. The minimum Gasteiger partial charge on any atom is -0.492 e. The number of ether oxygens (including phenoxy) is 1. The molecule has 106 valence electrons. The molecule has 0 atom stereocenters. The average Bonchev–Trinajstić information content (AvgIpc) is 2.54. The first kappa shape index (κ1) is 13.3. The van der Waals surface area contributed by atoms with E-state index in [0.29, 0.717) is 13.2 Å². The number of anilines is 2. The molecule has 5 heteroatoms. The Labute approximate surface area is 122 Å². The number of hydrogen-bond donors (Lipinski definition) is 2. The molecule has 3 rings (SSSR count).